The molecule has 3 N–H and O–H groups in total. The Morgan fingerprint density at radius 3 is 2.64 bits per heavy atom. The van der Waals surface area contributed by atoms with Gasteiger partial charge in [-0.1, -0.05) is 25.0 Å². The van der Waals surface area contributed by atoms with Gasteiger partial charge in [0.1, 0.15) is 23.7 Å². The van der Waals surface area contributed by atoms with Crippen molar-refractivity contribution < 1.29 is 41.8 Å². The van der Waals surface area contributed by atoms with Crippen LogP contribution in [-0.2, 0) is 35.6 Å². The number of hydrogen-bond acceptors (Lipinski definition) is 11. The Morgan fingerprint density at radius 2 is 1.91 bits per heavy atom. The van der Waals surface area contributed by atoms with Crippen molar-refractivity contribution in [2.75, 3.05) is 32.9 Å². The molecule has 3 saturated carbocycles. The molecule has 56 heavy (non-hydrogen) atoms. The highest BCUT2D eigenvalue weighted by Gasteiger charge is 2.62. The van der Waals surface area contributed by atoms with Crippen LogP contribution in [0.2, 0.25) is 0 Å². The van der Waals surface area contributed by atoms with E-state index in [1.54, 1.807) is 4.90 Å². The van der Waals surface area contributed by atoms with Crippen LogP contribution in [0.5, 0.6) is 11.9 Å². The molecule has 5 amide bonds. The van der Waals surface area contributed by atoms with Gasteiger partial charge in [-0.15, -0.1) is 6.58 Å². The predicted molar refractivity (Wildman–Crippen MR) is 203 cm³/mol. The quantitative estimate of drug-likeness (QED) is 0.315. The maximum Gasteiger partial charge on any atom is 0.320 e. The lowest BCUT2D eigenvalue weighted by Crippen LogP contribution is -2.60. The van der Waals surface area contributed by atoms with Gasteiger partial charge in [-0.05, 0) is 81.9 Å². The molecule has 6 atom stereocenters. The van der Waals surface area contributed by atoms with E-state index in [1.807, 2.05) is 25.1 Å². The molecule has 6 aliphatic rings. The molecule has 4 heterocycles. The first-order chi connectivity index (χ1) is 27.0. The van der Waals surface area contributed by atoms with E-state index < -0.39 is 62.6 Å². The third-order valence-electron chi connectivity index (χ3n) is 12.3. The van der Waals surface area contributed by atoms with Crippen LogP contribution in [0.1, 0.15) is 76.7 Å². The first-order valence-corrected chi connectivity index (χ1v) is 21.6. The number of rotatable bonds is 9. The summed E-state index contributed by atoms with van der Waals surface area (Å²) in [5.74, 6) is -2.29. The van der Waals surface area contributed by atoms with Crippen molar-refractivity contribution in [3.05, 3.63) is 36.4 Å². The monoisotopic (exact) mass is 793 g/mol. The predicted octanol–water partition coefficient (Wildman–Crippen LogP) is 2.35. The summed E-state index contributed by atoms with van der Waals surface area (Å²) in [7, 11) is -3.90. The fourth-order valence-electron chi connectivity index (χ4n) is 8.87. The number of fused-ring (bicyclic) bond motifs is 4. The molecule has 1 aromatic carbocycles. The van der Waals surface area contributed by atoms with Gasteiger partial charge in [0.05, 0.1) is 48.6 Å². The number of carbonyl (C=O) groups is 4. The summed E-state index contributed by atoms with van der Waals surface area (Å²) in [6.07, 6.45) is 7.42. The number of urea groups is 1. The van der Waals surface area contributed by atoms with Crippen molar-refractivity contribution in [3.63, 3.8) is 0 Å². The number of hydrogen-bond donors (Lipinski definition) is 3. The minimum Gasteiger partial charge on any atom is -0.472 e. The van der Waals surface area contributed by atoms with Crippen LogP contribution >= 0.6 is 0 Å². The lowest BCUT2D eigenvalue weighted by molar-refractivity contribution is -0.142. The van der Waals surface area contributed by atoms with Gasteiger partial charge >= 0.3 is 12.0 Å². The van der Waals surface area contributed by atoms with E-state index in [-0.39, 0.29) is 49.3 Å². The highest BCUT2D eigenvalue weighted by Crippen LogP contribution is 2.46. The minimum atomic E-state index is -3.90. The second-order valence-corrected chi connectivity index (χ2v) is 18.0. The minimum absolute atomic E-state index is 0.00844. The Kier molecular flexibility index (Phi) is 10.6. The summed E-state index contributed by atoms with van der Waals surface area (Å²) in [4.78, 5) is 69.4. The summed E-state index contributed by atoms with van der Waals surface area (Å²) in [6.45, 7) is 7.28. The fourth-order valence-corrected chi connectivity index (χ4v) is 10.2. The maximum absolute atomic E-state index is 14.9. The van der Waals surface area contributed by atoms with Gasteiger partial charge in [-0.2, -0.15) is 9.97 Å². The van der Waals surface area contributed by atoms with Gasteiger partial charge in [0.15, 0.2) is 0 Å². The van der Waals surface area contributed by atoms with Gasteiger partial charge in [0, 0.05) is 18.9 Å². The largest absolute Gasteiger partial charge is 0.472 e. The van der Waals surface area contributed by atoms with E-state index in [9.17, 15) is 27.6 Å². The normalized spacial score (nSPS) is 29.9. The van der Waals surface area contributed by atoms with Crippen molar-refractivity contribution in [1.82, 2.24) is 35.1 Å². The molecule has 4 bridgehead atoms. The molecule has 16 nitrogen and oxygen atoms in total. The van der Waals surface area contributed by atoms with E-state index in [0.717, 1.165) is 44.1 Å². The van der Waals surface area contributed by atoms with E-state index in [2.05, 4.69) is 31.9 Å². The first-order valence-electron chi connectivity index (χ1n) is 20.1. The second kappa shape index (κ2) is 15.4. The summed E-state index contributed by atoms with van der Waals surface area (Å²) >= 11 is 0. The SMILES string of the molecule is C=C[C@@H]1C[C@]1(NC(=O)[C@@H]1C[C@@H]2CN1C(=O)[C@H](C1CCCC1)NC(=O)N1CCC[C@@H]1COCCc1ccc3nc(OCC)nc(c3c1)O2)C(=O)NS(=O)(=O)C1CC1. The number of benzene rings is 1. The molecular weight excluding hydrogens is 743 g/mol. The molecule has 2 saturated heterocycles. The number of aromatic nitrogens is 2. The van der Waals surface area contributed by atoms with Crippen molar-refractivity contribution in [2.45, 2.75) is 113 Å². The lowest BCUT2D eigenvalue weighted by atomic mass is 9.96. The number of nitrogens with zero attached hydrogens (tertiary/aromatic N) is 4. The smallest absolute Gasteiger partial charge is 0.320 e. The topological polar surface area (TPSA) is 198 Å². The number of amides is 5. The molecular formula is C39H51N7O9S. The molecule has 2 aromatic rings. The third-order valence-corrected chi connectivity index (χ3v) is 14.1. The van der Waals surface area contributed by atoms with E-state index >= 15 is 0 Å². The average Bonchev–Trinajstić information content (AvgIpc) is 3.95. The van der Waals surface area contributed by atoms with Gasteiger partial charge in [0.25, 0.3) is 5.91 Å². The molecule has 17 heteroatoms. The van der Waals surface area contributed by atoms with Crippen LogP contribution in [0.4, 0.5) is 4.79 Å². The lowest BCUT2D eigenvalue weighted by Gasteiger charge is -2.34. The van der Waals surface area contributed by atoms with Gasteiger partial charge in [-0.25, -0.2) is 13.2 Å². The van der Waals surface area contributed by atoms with Gasteiger partial charge in [0.2, 0.25) is 27.7 Å². The Labute approximate surface area is 326 Å². The van der Waals surface area contributed by atoms with Crippen LogP contribution in [0, 0.1) is 11.8 Å². The molecule has 5 fully saturated rings. The van der Waals surface area contributed by atoms with Crippen molar-refractivity contribution in [2.24, 2.45) is 11.8 Å². The highest BCUT2D eigenvalue weighted by molar-refractivity contribution is 7.91. The Bertz CT molecular complexity index is 2000. The molecule has 0 unspecified atom stereocenters. The first kappa shape index (κ1) is 38.4. The molecule has 3 aliphatic heterocycles. The van der Waals surface area contributed by atoms with Crippen LogP contribution < -0.4 is 24.8 Å². The summed E-state index contributed by atoms with van der Waals surface area (Å²) in [6, 6.07) is 3.39. The molecule has 0 radical (unpaired) electrons. The number of carbonyl (C=O) groups excluding carboxylic acids is 4. The van der Waals surface area contributed by atoms with Crippen molar-refractivity contribution in [1.29, 1.82) is 0 Å². The van der Waals surface area contributed by atoms with Crippen molar-refractivity contribution >= 4 is 44.7 Å². The van der Waals surface area contributed by atoms with E-state index in [0.29, 0.717) is 56.5 Å². The molecule has 3 aliphatic carbocycles. The van der Waals surface area contributed by atoms with E-state index in [1.165, 1.54) is 11.0 Å². The standard InChI is InChI=1S/C39H51N7O9S/c1-3-25-20-39(25,36(49)44-56(51,52)28-12-13-28)43-33(47)31-19-27-21-46(31)35(48)32(24-8-5-6-9-24)41-38(50)45-16-7-10-26(45)22-53-17-15-23-11-14-30-29(18-23)34(55-27)42-37(40-30)54-4-2/h3,11,14,18,24-28,31-32H,1,4-10,12-13,15-17,19-22H2,2H3,(H,41,50)(H,43,47)(H,44,49)/t25-,26-,27-,31+,32+,39-/m1/s1. The van der Waals surface area contributed by atoms with Crippen LogP contribution in [0.3, 0.4) is 0 Å². The second-order valence-electron chi connectivity index (χ2n) is 16.0. The fraction of sp³-hybridized carbons (Fsp3) is 0.641. The zero-order valence-corrected chi connectivity index (χ0v) is 32.6. The Morgan fingerprint density at radius 1 is 1.11 bits per heavy atom. The molecule has 0 spiro atoms. The number of ether oxygens (including phenoxy) is 3. The molecule has 1 aromatic heterocycles. The van der Waals surface area contributed by atoms with Crippen LogP contribution in [0.15, 0.2) is 30.9 Å². The van der Waals surface area contributed by atoms with Crippen molar-refractivity contribution in [3.8, 4) is 11.9 Å². The number of sulfonamides is 1. The summed E-state index contributed by atoms with van der Waals surface area (Å²) in [5, 5.41) is 5.95. The van der Waals surface area contributed by atoms with Gasteiger partial charge < -0.3 is 34.6 Å². The van der Waals surface area contributed by atoms with Crippen LogP contribution in [0.25, 0.3) is 10.9 Å². The highest BCUT2D eigenvalue weighted by atomic mass is 32.2. The zero-order chi connectivity index (χ0) is 39.2. The maximum atomic E-state index is 14.9. The van der Waals surface area contributed by atoms with E-state index in [4.69, 9.17) is 14.2 Å². The summed E-state index contributed by atoms with van der Waals surface area (Å²) in [5.41, 5.74) is 0.0189. The van der Waals surface area contributed by atoms with Crippen LogP contribution in [-0.4, -0.2) is 120 Å². The Balaban J connectivity index is 1.15. The average molecular weight is 794 g/mol. The number of nitrogens with one attached hydrogen (secondary N) is 3. The molecule has 8 rings (SSSR count). The summed E-state index contributed by atoms with van der Waals surface area (Å²) < 4.78 is 46.2. The van der Waals surface area contributed by atoms with Gasteiger partial charge in [-0.3, -0.25) is 19.1 Å². The molecule has 302 valence electrons. The third kappa shape index (κ3) is 7.63. The zero-order valence-electron chi connectivity index (χ0n) is 31.7. The Hall–Kier alpha value is -4.51.